The van der Waals surface area contributed by atoms with Gasteiger partial charge in [0.05, 0.1) is 18.7 Å². The topological polar surface area (TPSA) is 73.8 Å². The maximum atomic E-state index is 13.1. The summed E-state index contributed by atoms with van der Waals surface area (Å²) in [4.78, 5) is 23.8. The molecule has 7 nitrogen and oxygen atoms in total. The largest absolute Gasteiger partial charge is 0.486 e. The van der Waals surface area contributed by atoms with Gasteiger partial charge in [-0.05, 0) is 32.0 Å². The van der Waals surface area contributed by atoms with Crippen LogP contribution in [0.2, 0.25) is 0 Å². The molecule has 0 aliphatic carbocycles. The van der Waals surface area contributed by atoms with Gasteiger partial charge < -0.3 is 19.1 Å². The van der Waals surface area contributed by atoms with Crippen molar-refractivity contribution in [1.29, 1.82) is 0 Å². The Kier molecular flexibility index (Phi) is 4.46. The fraction of sp³-hybridized carbons (Fsp3) is 0.421. The van der Waals surface area contributed by atoms with Crippen LogP contribution in [-0.4, -0.2) is 53.7 Å². The van der Waals surface area contributed by atoms with E-state index in [1.807, 2.05) is 32.0 Å². The predicted molar refractivity (Wildman–Crippen MR) is 93.5 cm³/mol. The van der Waals surface area contributed by atoms with E-state index in [4.69, 9.17) is 14.2 Å². The number of hydrogen-bond donors (Lipinski definition) is 0. The molecule has 136 valence electrons. The molecular weight excluding hydrogens is 334 g/mol. The number of carbonyl (C=O) groups excluding carboxylic acids is 1. The molecule has 0 unspecified atom stereocenters. The van der Waals surface area contributed by atoms with Crippen molar-refractivity contribution in [3.63, 3.8) is 0 Å². The number of fused-ring (bicyclic) bond motifs is 1. The normalized spacial score (nSPS) is 19.3. The maximum absolute atomic E-state index is 13.1. The van der Waals surface area contributed by atoms with Gasteiger partial charge in [0, 0.05) is 17.9 Å². The highest BCUT2D eigenvalue weighted by Crippen LogP contribution is 2.35. The molecule has 1 aromatic heterocycles. The number of amides is 1. The van der Waals surface area contributed by atoms with E-state index in [1.54, 1.807) is 11.0 Å². The first-order valence-electron chi connectivity index (χ1n) is 8.73. The van der Waals surface area contributed by atoms with Gasteiger partial charge in [-0.25, -0.2) is 9.97 Å². The number of ether oxygens (including phenoxy) is 3. The van der Waals surface area contributed by atoms with E-state index < -0.39 is 0 Å². The molecule has 7 heteroatoms. The fourth-order valence-corrected chi connectivity index (χ4v) is 3.30. The average Bonchev–Trinajstić information content (AvgIpc) is 2.66. The molecule has 0 saturated carbocycles. The second-order valence-corrected chi connectivity index (χ2v) is 6.45. The van der Waals surface area contributed by atoms with Gasteiger partial charge in [-0.3, -0.25) is 4.79 Å². The highest BCUT2D eigenvalue weighted by molar-refractivity contribution is 5.98. The number of rotatable bonds is 2. The van der Waals surface area contributed by atoms with Crippen molar-refractivity contribution in [3.05, 3.63) is 47.0 Å². The molecule has 1 fully saturated rings. The lowest BCUT2D eigenvalue weighted by Gasteiger charge is -2.33. The van der Waals surface area contributed by atoms with Crippen LogP contribution in [-0.2, 0) is 4.74 Å². The molecule has 1 aromatic carbocycles. The van der Waals surface area contributed by atoms with Crippen LogP contribution in [0.1, 0.15) is 33.7 Å². The van der Waals surface area contributed by atoms with Crippen molar-refractivity contribution in [2.24, 2.45) is 0 Å². The second-order valence-electron chi connectivity index (χ2n) is 6.45. The Hall–Kier alpha value is -2.67. The summed E-state index contributed by atoms with van der Waals surface area (Å²) in [6, 6.07) is 7.32. The maximum Gasteiger partial charge on any atom is 0.257 e. The van der Waals surface area contributed by atoms with Crippen LogP contribution in [0.15, 0.2) is 24.3 Å². The minimum atomic E-state index is -0.331. The zero-order valence-electron chi connectivity index (χ0n) is 14.9. The summed E-state index contributed by atoms with van der Waals surface area (Å²) >= 11 is 0. The van der Waals surface area contributed by atoms with E-state index in [2.05, 4.69) is 9.97 Å². The SMILES string of the molecule is Cc1cc(C)nc([C@H]2CN(C(=O)c3cccc4c3OCCO4)CCO2)n1. The summed E-state index contributed by atoms with van der Waals surface area (Å²) in [5.41, 5.74) is 2.30. The van der Waals surface area contributed by atoms with Gasteiger partial charge in [-0.15, -0.1) is 0 Å². The zero-order valence-corrected chi connectivity index (χ0v) is 14.9. The van der Waals surface area contributed by atoms with Crippen LogP contribution >= 0.6 is 0 Å². The predicted octanol–water partition coefficient (Wildman–Crippen LogP) is 2.08. The van der Waals surface area contributed by atoms with E-state index in [0.29, 0.717) is 55.8 Å². The monoisotopic (exact) mass is 355 g/mol. The summed E-state index contributed by atoms with van der Waals surface area (Å²) in [7, 11) is 0. The molecule has 1 amide bonds. The van der Waals surface area contributed by atoms with Gasteiger partial charge in [0.1, 0.15) is 19.3 Å². The molecule has 1 atom stereocenters. The van der Waals surface area contributed by atoms with E-state index in [0.717, 1.165) is 11.4 Å². The van der Waals surface area contributed by atoms with Gasteiger partial charge in [-0.1, -0.05) is 6.07 Å². The summed E-state index contributed by atoms with van der Waals surface area (Å²) < 4.78 is 17.1. The van der Waals surface area contributed by atoms with Crippen LogP contribution < -0.4 is 9.47 Å². The number of hydrogen-bond acceptors (Lipinski definition) is 6. The quantitative estimate of drug-likeness (QED) is 0.821. The Labute approximate surface area is 151 Å². The van der Waals surface area contributed by atoms with Crippen LogP contribution in [0.5, 0.6) is 11.5 Å². The fourth-order valence-electron chi connectivity index (χ4n) is 3.30. The first kappa shape index (κ1) is 16.8. The number of aromatic nitrogens is 2. The van der Waals surface area contributed by atoms with E-state index >= 15 is 0 Å². The third-order valence-corrected chi connectivity index (χ3v) is 4.44. The Bertz CT molecular complexity index is 819. The zero-order chi connectivity index (χ0) is 18.1. The molecule has 2 aliphatic rings. The number of para-hydroxylation sites is 1. The molecule has 0 spiro atoms. The number of benzene rings is 1. The first-order valence-corrected chi connectivity index (χ1v) is 8.73. The van der Waals surface area contributed by atoms with E-state index in [9.17, 15) is 4.79 Å². The Morgan fingerprint density at radius 1 is 1.12 bits per heavy atom. The lowest BCUT2D eigenvalue weighted by Crippen LogP contribution is -2.43. The van der Waals surface area contributed by atoms with Crippen LogP contribution in [0, 0.1) is 13.8 Å². The van der Waals surface area contributed by atoms with Gasteiger partial charge in [0.25, 0.3) is 5.91 Å². The summed E-state index contributed by atoms with van der Waals surface area (Å²) in [6.45, 7) is 6.17. The molecule has 26 heavy (non-hydrogen) atoms. The minimum Gasteiger partial charge on any atom is -0.486 e. The smallest absolute Gasteiger partial charge is 0.257 e. The minimum absolute atomic E-state index is 0.0926. The molecular formula is C19H21N3O4. The summed E-state index contributed by atoms with van der Waals surface area (Å²) in [5, 5.41) is 0. The lowest BCUT2D eigenvalue weighted by atomic mass is 10.1. The Morgan fingerprint density at radius 2 is 1.88 bits per heavy atom. The van der Waals surface area contributed by atoms with Gasteiger partial charge in [0.2, 0.25) is 0 Å². The van der Waals surface area contributed by atoms with Gasteiger partial charge in [-0.2, -0.15) is 0 Å². The van der Waals surface area contributed by atoms with Crippen molar-refractivity contribution >= 4 is 5.91 Å². The number of morpholine rings is 1. The van der Waals surface area contributed by atoms with E-state index in [1.165, 1.54) is 0 Å². The van der Waals surface area contributed by atoms with Crippen molar-refractivity contribution in [1.82, 2.24) is 14.9 Å². The molecule has 3 heterocycles. The summed E-state index contributed by atoms with van der Waals surface area (Å²) in [5.74, 6) is 1.67. The molecule has 0 bridgehead atoms. The van der Waals surface area contributed by atoms with Crippen molar-refractivity contribution in [2.75, 3.05) is 32.9 Å². The van der Waals surface area contributed by atoms with Crippen molar-refractivity contribution < 1.29 is 19.0 Å². The molecule has 0 radical (unpaired) electrons. The van der Waals surface area contributed by atoms with Crippen molar-refractivity contribution in [2.45, 2.75) is 20.0 Å². The second kappa shape index (κ2) is 6.92. The van der Waals surface area contributed by atoms with Crippen LogP contribution in [0.4, 0.5) is 0 Å². The average molecular weight is 355 g/mol. The number of carbonyl (C=O) groups is 1. The van der Waals surface area contributed by atoms with E-state index in [-0.39, 0.29) is 12.0 Å². The Balaban J connectivity index is 1.57. The van der Waals surface area contributed by atoms with Crippen LogP contribution in [0.3, 0.4) is 0 Å². The third kappa shape index (κ3) is 3.22. The lowest BCUT2D eigenvalue weighted by molar-refractivity contribution is -0.0271. The molecule has 4 rings (SSSR count). The van der Waals surface area contributed by atoms with Crippen LogP contribution in [0.25, 0.3) is 0 Å². The van der Waals surface area contributed by atoms with Crippen molar-refractivity contribution in [3.8, 4) is 11.5 Å². The molecule has 2 aliphatic heterocycles. The Morgan fingerprint density at radius 3 is 2.69 bits per heavy atom. The standard InChI is InChI=1S/C19H21N3O4/c1-12-10-13(2)21-18(20-12)16-11-22(6-7-24-16)19(23)14-4-3-5-15-17(14)26-9-8-25-15/h3-5,10,16H,6-9,11H2,1-2H3/t16-/m1/s1. The first-order chi connectivity index (χ1) is 12.6. The molecule has 1 saturated heterocycles. The van der Waals surface area contributed by atoms with Gasteiger partial charge in [0.15, 0.2) is 17.3 Å². The third-order valence-electron chi connectivity index (χ3n) is 4.44. The molecule has 2 aromatic rings. The number of aryl methyl sites for hydroxylation is 2. The van der Waals surface area contributed by atoms with Gasteiger partial charge >= 0.3 is 0 Å². The highest BCUT2D eigenvalue weighted by atomic mass is 16.6. The molecule has 0 N–H and O–H groups in total. The summed E-state index contributed by atoms with van der Waals surface area (Å²) in [6.07, 6.45) is -0.331. The number of nitrogens with zero attached hydrogens (tertiary/aromatic N) is 3. The highest BCUT2D eigenvalue weighted by Gasteiger charge is 2.30.